The standard InChI is InChI=1S/C13H7N3O3S2/c14-8-9-3-1-4-10(7-9)19-21(17,18)12-6-2-5-11-13(12)16-20-15-11/h1-7H. The smallest absolute Gasteiger partial charge is 0.341 e. The molecule has 1 heterocycles. The van der Waals surface area contributed by atoms with Gasteiger partial charge in [0.15, 0.2) is 0 Å². The first kappa shape index (κ1) is 13.5. The normalized spacial score (nSPS) is 11.2. The second-order valence-corrected chi connectivity index (χ2v) is 6.11. The number of nitriles is 1. The first-order chi connectivity index (χ1) is 10.1. The van der Waals surface area contributed by atoms with E-state index >= 15 is 0 Å². The molecule has 0 saturated carbocycles. The van der Waals surface area contributed by atoms with Crippen LogP contribution in [-0.2, 0) is 10.1 Å². The quantitative estimate of drug-likeness (QED) is 0.688. The molecule has 0 atom stereocenters. The van der Waals surface area contributed by atoms with Gasteiger partial charge in [0.1, 0.15) is 21.7 Å². The SMILES string of the molecule is N#Cc1cccc(OS(=O)(=O)c2cccc3nsnc23)c1. The molecule has 3 rings (SSSR count). The van der Waals surface area contributed by atoms with E-state index in [9.17, 15) is 8.42 Å². The Kier molecular flexibility index (Phi) is 3.29. The van der Waals surface area contributed by atoms with Crippen molar-refractivity contribution in [3.8, 4) is 11.8 Å². The maximum Gasteiger partial charge on any atom is 0.341 e. The summed E-state index contributed by atoms with van der Waals surface area (Å²) in [4.78, 5) is -0.0453. The zero-order valence-corrected chi connectivity index (χ0v) is 12.1. The second-order valence-electron chi connectivity index (χ2n) is 4.07. The predicted octanol–water partition coefficient (Wildman–Crippen LogP) is 2.33. The minimum atomic E-state index is -4.04. The van der Waals surface area contributed by atoms with Gasteiger partial charge in [-0.3, -0.25) is 0 Å². The fourth-order valence-electron chi connectivity index (χ4n) is 1.77. The van der Waals surface area contributed by atoms with Gasteiger partial charge in [0.2, 0.25) is 0 Å². The third-order valence-electron chi connectivity index (χ3n) is 2.69. The average Bonchev–Trinajstić information content (AvgIpc) is 2.95. The number of aromatic nitrogens is 2. The van der Waals surface area contributed by atoms with Crippen LogP contribution in [0.3, 0.4) is 0 Å². The van der Waals surface area contributed by atoms with E-state index in [2.05, 4.69) is 8.75 Å². The van der Waals surface area contributed by atoms with Gasteiger partial charge in [0.05, 0.1) is 23.4 Å². The third-order valence-corrected chi connectivity index (χ3v) is 4.51. The molecule has 6 nitrogen and oxygen atoms in total. The molecule has 0 aliphatic heterocycles. The number of benzene rings is 2. The molecule has 0 spiro atoms. The summed E-state index contributed by atoms with van der Waals surface area (Å²) in [5.74, 6) is 0.0780. The van der Waals surface area contributed by atoms with Gasteiger partial charge in [0.25, 0.3) is 0 Å². The lowest BCUT2D eigenvalue weighted by Gasteiger charge is -2.07. The first-order valence-electron chi connectivity index (χ1n) is 5.76. The minimum absolute atomic E-state index is 0.0453. The molecule has 3 aromatic rings. The molecular formula is C13H7N3O3S2. The van der Waals surface area contributed by atoms with Gasteiger partial charge < -0.3 is 4.18 Å². The van der Waals surface area contributed by atoms with Crippen molar-refractivity contribution in [1.29, 1.82) is 5.26 Å². The van der Waals surface area contributed by atoms with Gasteiger partial charge in [-0.05, 0) is 30.3 Å². The molecule has 8 heteroatoms. The minimum Gasteiger partial charge on any atom is -0.379 e. The van der Waals surface area contributed by atoms with Crippen LogP contribution >= 0.6 is 11.7 Å². The topological polar surface area (TPSA) is 92.9 Å². The maximum absolute atomic E-state index is 12.3. The molecule has 0 aliphatic carbocycles. The summed E-state index contributed by atoms with van der Waals surface area (Å²) < 4.78 is 37.7. The highest BCUT2D eigenvalue weighted by molar-refractivity contribution is 7.87. The van der Waals surface area contributed by atoms with Gasteiger partial charge in [-0.2, -0.15) is 22.4 Å². The lowest BCUT2D eigenvalue weighted by molar-refractivity contribution is 0.487. The van der Waals surface area contributed by atoms with Crippen molar-refractivity contribution in [3.05, 3.63) is 48.0 Å². The van der Waals surface area contributed by atoms with E-state index in [4.69, 9.17) is 9.44 Å². The Morgan fingerprint density at radius 1 is 1.14 bits per heavy atom. The Balaban J connectivity index is 2.05. The first-order valence-corrected chi connectivity index (χ1v) is 7.90. The summed E-state index contributed by atoms with van der Waals surface area (Å²) >= 11 is 0.932. The fraction of sp³-hybridized carbons (Fsp3) is 0. The summed E-state index contributed by atoms with van der Waals surface area (Å²) in [6.45, 7) is 0. The summed E-state index contributed by atoms with van der Waals surface area (Å²) in [7, 11) is -4.04. The zero-order valence-electron chi connectivity index (χ0n) is 10.4. The van der Waals surface area contributed by atoms with E-state index in [-0.39, 0.29) is 16.2 Å². The largest absolute Gasteiger partial charge is 0.379 e. The average molecular weight is 317 g/mol. The Morgan fingerprint density at radius 2 is 1.95 bits per heavy atom. The van der Waals surface area contributed by atoms with Crippen LogP contribution in [0.1, 0.15) is 5.56 Å². The van der Waals surface area contributed by atoms with Crippen LogP contribution in [0.15, 0.2) is 47.4 Å². The lowest BCUT2D eigenvalue weighted by Crippen LogP contribution is -2.10. The van der Waals surface area contributed by atoms with E-state index < -0.39 is 10.1 Å². The molecule has 104 valence electrons. The highest BCUT2D eigenvalue weighted by atomic mass is 32.2. The van der Waals surface area contributed by atoms with E-state index in [1.54, 1.807) is 24.3 Å². The summed E-state index contributed by atoms with van der Waals surface area (Å²) in [6.07, 6.45) is 0. The third kappa shape index (κ3) is 2.56. The molecule has 0 N–H and O–H groups in total. The van der Waals surface area contributed by atoms with Crippen molar-refractivity contribution in [2.24, 2.45) is 0 Å². The Morgan fingerprint density at radius 3 is 2.76 bits per heavy atom. The predicted molar refractivity (Wildman–Crippen MR) is 76.4 cm³/mol. The molecule has 1 aromatic heterocycles. The van der Waals surface area contributed by atoms with Crippen molar-refractivity contribution in [2.45, 2.75) is 4.90 Å². The van der Waals surface area contributed by atoms with Gasteiger partial charge in [-0.15, -0.1) is 0 Å². The van der Waals surface area contributed by atoms with Crippen LogP contribution in [0.5, 0.6) is 5.75 Å². The van der Waals surface area contributed by atoms with Crippen LogP contribution in [0, 0.1) is 11.3 Å². The fourth-order valence-corrected chi connectivity index (χ4v) is 3.46. The molecule has 0 saturated heterocycles. The molecule has 0 unspecified atom stereocenters. The van der Waals surface area contributed by atoms with Crippen LogP contribution in [0.2, 0.25) is 0 Å². The van der Waals surface area contributed by atoms with Crippen molar-refractivity contribution in [3.63, 3.8) is 0 Å². The molecule has 0 aliphatic rings. The number of fused-ring (bicyclic) bond motifs is 1. The number of nitrogens with zero attached hydrogens (tertiary/aromatic N) is 3. The molecule has 0 bridgehead atoms. The number of hydrogen-bond donors (Lipinski definition) is 0. The summed E-state index contributed by atoms with van der Waals surface area (Å²) in [5, 5.41) is 8.82. The van der Waals surface area contributed by atoms with Crippen LogP contribution in [0.4, 0.5) is 0 Å². The van der Waals surface area contributed by atoms with Gasteiger partial charge in [-0.25, -0.2) is 0 Å². The molecule has 0 fully saturated rings. The van der Waals surface area contributed by atoms with Crippen LogP contribution in [-0.4, -0.2) is 17.2 Å². The lowest BCUT2D eigenvalue weighted by atomic mass is 10.2. The van der Waals surface area contributed by atoms with Gasteiger partial charge >= 0.3 is 10.1 Å². The second kappa shape index (κ2) is 5.12. The van der Waals surface area contributed by atoms with Crippen molar-refractivity contribution < 1.29 is 12.6 Å². The van der Waals surface area contributed by atoms with Gasteiger partial charge in [-0.1, -0.05) is 12.1 Å². The van der Waals surface area contributed by atoms with Crippen LogP contribution in [0.25, 0.3) is 11.0 Å². The monoisotopic (exact) mass is 317 g/mol. The highest BCUT2D eigenvalue weighted by Crippen LogP contribution is 2.25. The molecule has 2 aromatic carbocycles. The maximum atomic E-state index is 12.3. The zero-order chi connectivity index (χ0) is 14.9. The van der Waals surface area contributed by atoms with E-state index in [0.29, 0.717) is 11.1 Å². The van der Waals surface area contributed by atoms with E-state index in [1.165, 1.54) is 18.2 Å². The molecule has 21 heavy (non-hydrogen) atoms. The van der Waals surface area contributed by atoms with E-state index in [0.717, 1.165) is 11.7 Å². The Hall–Kier alpha value is -2.50. The highest BCUT2D eigenvalue weighted by Gasteiger charge is 2.21. The molecule has 0 radical (unpaired) electrons. The van der Waals surface area contributed by atoms with Gasteiger partial charge in [0, 0.05) is 0 Å². The van der Waals surface area contributed by atoms with Crippen molar-refractivity contribution >= 4 is 32.9 Å². The van der Waals surface area contributed by atoms with Crippen molar-refractivity contribution in [1.82, 2.24) is 8.75 Å². The van der Waals surface area contributed by atoms with Crippen LogP contribution < -0.4 is 4.18 Å². The Labute approximate surface area is 124 Å². The number of rotatable bonds is 3. The summed E-state index contributed by atoms with van der Waals surface area (Å²) in [6, 6.07) is 12.5. The Bertz CT molecular complexity index is 958. The molecule has 0 amide bonds. The van der Waals surface area contributed by atoms with Crippen molar-refractivity contribution in [2.75, 3.05) is 0 Å². The summed E-state index contributed by atoms with van der Waals surface area (Å²) in [5.41, 5.74) is 1.09. The van der Waals surface area contributed by atoms with E-state index in [1.807, 2.05) is 6.07 Å². The number of hydrogen-bond acceptors (Lipinski definition) is 7. The molecular weight excluding hydrogens is 310 g/mol.